The van der Waals surface area contributed by atoms with Crippen LogP contribution in [0.4, 0.5) is 5.13 Å². The summed E-state index contributed by atoms with van der Waals surface area (Å²) in [5.41, 5.74) is 1.23. The number of carbonyl (C=O) groups is 1. The van der Waals surface area contributed by atoms with Crippen molar-refractivity contribution in [1.82, 2.24) is 9.88 Å². The highest BCUT2D eigenvalue weighted by molar-refractivity contribution is 7.22. The predicted molar refractivity (Wildman–Crippen MR) is 116 cm³/mol. The number of anilines is 1. The third-order valence-electron chi connectivity index (χ3n) is 4.65. The van der Waals surface area contributed by atoms with Gasteiger partial charge in [-0.05, 0) is 30.3 Å². The van der Waals surface area contributed by atoms with Crippen molar-refractivity contribution in [1.29, 1.82) is 0 Å². The Morgan fingerprint density at radius 2 is 1.79 bits per heavy atom. The topological polar surface area (TPSA) is 45.7 Å². The number of methoxy groups -OCH3 is 1. The average molecular weight is 457 g/mol. The van der Waals surface area contributed by atoms with E-state index in [-0.39, 0.29) is 5.91 Å². The van der Waals surface area contributed by atoms with Gasteiger partial charge in [0.05, 0.1) is 27.4 Å². The van der Waals surface area contributed by atoms with Crippen molar-refractivity contribution in [2.75, 3.05) is 38.2 Å². The smallest absolute Gasteiger partial charge is 0.259 e. The minimum Gasteiger partial charge on any atom is -0.494 e. The normalized spacial score (nSPS) is 14.6. The minimum atomic E-state index is -0.180. The van der Waals surface area contributed by atoms with Crippen LogP contribution in [0.15, 0.2) is 30.3 Å². The zero-order chi connectivity index (χ0) is 19.8. The van der Waals surface area contributed by atoms with E-state index in [0.717, 1.165) is 15.3 Å². The molecule has 0 aliphatic carbocycles. The molecule has 0 bridgehead atoms. The van der Waals surface area contributed by atoms with Gasteiger partial charge in [0.1, 0.15) is 5.56 Å². The highest BCUT2D eigenvalue weighted by Crippen LogP contribution is 2.35. The molecule has 0 N–H and O–H groups in total. The molecule has 2 heterocycles. The Morgan fingerprint density at radius 1 is 1.07 bits per heavy atom. The van der Waals surface area contributed by atoms with E-state index in [2.05, 4.69) is 9.88 Å². The van der Waals surface area contributed by atoms with E-state index in [4.69, 9.17) is 39.5 Å². The summed E-state index contributed by atoms with van der Waals surface area (Å²) in [6.07, 6.45) is 0. The largest absolute Gasteiger partial charge is 0.494 e. The molecule has 3 aromatic rings. The van der Waals surface area contributed by atoms with Crippen LogP contribution in [0.5, 0.6) is 5.75 Å². The van der Waals surface area contributed by atoms with Crippen molar-refractivity contribution in [3.05, 3.63) is 51.0 Å². The number of rotatable bonds is 3. The molecule has 1 amide bonds. The summed E-state index contributed by atoms with van der Waals surface area (Å²) in [5, 5.41) is 2.33. The Labute approximate surface area is 181 Å². The van der Waals surface area contributed by atoms with Crippen LogP contribution in [0.1, 0.15) is 10.4 Å². The Bertz CT molecular complexity index is 1050. The maximum absolute atomic E-state index is 13.0. The summed E-state index contributed by atoms with van der Waals surface area (Å²) >= 11 is 20.1. The first kappa shape index (κ1) is 19.6. The van der Waals surface area contributed by atoms with E-state index in [1.807, 2.05) is 18.2 Å². The fourth-order valence-corrected chi connectivity index (χ4v) is 4.97. The van der Waals surface area contributed by atoms with Gasteiger partial charge in [-0.3, -0.25) is 4.79 Å². The lowest BCUT2D eigenvalue weighted by atomic mass is 10.1. The molecule has 1 saturated heterocycles. The van der Waals surface area contributed by atoms with Gasteiger partial charge in [0.15, 0.2) is 10.9 Å². The number of thiazole rings is 1. The first-order valence-corrected chi connectivity index (χ1v) is 10.6. The van der Waals surface area contributed by atoms with Gasteiger partial charge in [-0.1, -0.05) is 46.1 Å². The molecule has 1 aromatic heterocycles. The van der Waals surface area contributed by atoms with Gasteiger partial charge in [0.2, 0.25) is 0 Å². The van der Waals surface area contributed by atoms with Crippen LogP contribution < -0.4 is 9.64 Å². The standard InChI is InChI=1S/C19H16Cl3N3O2S/c1-27-17-13(22)4-3-12(21)16(17)18(26)24-6-8-25(9-7-24)19-23-14-5-2-11(20)10-15(14)28-19/h2-5,10H,6-9H2,1H3. The Hall–Kier alpha value is -1.73. The van der Waals surface area contributed by atoms with Gasteiger partial charge in [0.25, 0.3) is 5.91 Å². The number of halogens is 3. The molecule has 1 aliphatic heterocycles. The van der Waals surface area contributed by atoms with Crippen LogP contribution in [-0.4, -0.2) is 49.1 Å². The Morgan fingerprint density at radius 3 is 2.50 bits per heavy atom. The molecular weight excluding hydrogens is 441 g/mol. The number of nitrogens with zero attached hydrogens (tertiary/aromatic N) is 3. The quantitative estimate of drug-likeness (QED) is 0.541. The third-order valence-corrected chi connectivity index (χ3v) is 6.58. The summed E-state index contributed by atoms with van der Waals surface area (Å²) in [4.78, 5) is 21.7. The number of carbonyl (C=O) groups excluding carboxylic acids is 1. The highest BCUT2D eigenvalue weighted by atomic mass is 35.5. The van der Waals surface area contributed by atoms with Crippen LogP contribution in [0, 0.1) is 0 Å². The molecule has 1 fully saturated rings. The van der Waals surface area contributed by atoms with E-state index in [9.17, 15) is 4.79 Å². The highest BCUT2D eigenvalue weighted by Gasteiger charge is 2.28. The van der Waals surface area contributed by atoms with Crippen LogP contribution in [0.25, 0.3) is 10.2 Å². The van der Waals surface area contributed by atoms with Gasteiger partial charge in [-0.15, -0.1) is 0 Å². The zero-order valence-electron chi connectivity index (χ0n) is 14.9. The molecule has 5 nitrogen and oxygen atoms in total. The molecule has 0 spiro atoms. The maximum Gasteiger partial charge on any atom is 0.259 e. The summed E-state index contributed by atoms with van der Waals surface area (Å²) in [6.45, 7) is 2.47. The number of hydrogen-bond acceptors (Lipinski definition) is 5. The predicted octanol–water partition coefficient (Wildman–Crippen LogP) is 5.23. The summed E-state index contributed by atoms with van der Waals surface area (Å²) in [7, 11) is 1.48. The molecule has 28 heavy (non-hydrogen) atoms. The molecule has 0 atom stereocenters. The molecule has 2 aromatic carbocycles. The van der Waals surface area contributed by atoms with E-state index in [0.29, 0.717) is 52.6 Å². The van der Waals surface area contributed by atoms with Gasteiger partial charge in [-0.25, -0.2) is 4.98 Å². The lowest BCUT2D eigenvalue weighted by Gasteiger charge is -2.35. The van der Waals surface area contributed by atoms with Crippen molar-refractivity contribution in [3.63, 3.8) is 0 Å². The van der Waals surface area contributed by atoms with E-state index in [1.165, 1.54) is 7.11 Å². The Balaban J connectivity index is 1.51. The second-order valence-corrected chi connectivity index (χ2v) is 8.59. The zero-order valence-corrected chi connectivity index (χ0v) is 18.0. The molecule has 4 rings (SSSR count). The number of aromatic nitrogens is 1. The van der Waals surface area contributed by atoms with Crippen LogP contribution >= 0.6 is 46.1 Å². The number of fused-ring (bicyclic) bond motifs is 1. The fourth-order valence-electron chi connectivity index (χ4n) is 3.21. The second kappa shape index (κ2) is 7.95. The lowest BCUT2D eigenvalue weighted by molar-refractivity contribution is 0.0743. The molecule has 146 valence electrons. The van der Waals surface area contributed by atoms with Gasteiger partial charge >= 0.3 is 0 Å². The minimum absolute atomic E-state index is 0.180. The Kier molecular flexibility index (Phi) is 5.56. The van der Waals surface area contributed by atoms with Crippen molar-refractivity contribution < 1.29 is 9.53 Å². The van der Waals surface area contributed by atoms with Crippen molar-refractivity contribution in [2.24, 2.45) is 0 Å². The molecule has 0 saturated carbocycles. The summed E-state index contributed by atoms with van der Waals surface area (Å²) < 4.78 is 6.36. The van der Waals surface area contributed by atoms with Gasteiger partial charge in [0, 0.05) is 31.2 Å². The summed E-state index contributed by atoms with van der Waals surface area (Å²) in [6, 6.07) is 8.92. The summed E-state index contributed by atoms with van der Waals surface area (Å²) in [5.74, 6) is 0.129. The number of amides is 1. The van der Waals surface area contributed by atoms with Crippen LogP contribution in [0.3, 0.4) is 0 Å². The van der Waals surface area contributed by atoms with Gasteiger partial charge < -0.3 is 14.5 Å². The van der Waals surface area contributed by atoms with Crippen LogP contribution in [-0.2, 0) is 0 Å². The maximum atomic E-state index is 13.0. The number of piperazine rings is 1. The third kappa shape index (κ3) is 3.62. The molecule has 0 unspecified atom stereocenters. The molecular formula is C19H16Cl3N3O2S. The van der Waals surface area contributed by atoms with Crippen molar-refractivity contribution in [3.8, 4) is 5.75 Å². The molecule has 9 heteroatoms. The van der Waals surface area contributed by atoms with Gasteiger partial charge in [-0.2, -0.15) is 0 Å². The van der Waals surface area contributed by atoms with Crippen molar-refractivity contribution in [2.45, 2.75) is 0 Å². The van der Waals surface area contributed by atoms with E-state index in [1.54, 1.807) is 28.4 Å². The number of hydrogen-bond donors (Lipinski definition) is 0. The van der Waals surface area contributed by atoms with E-state index >= 15 is 0 Å². The SMILES string of the molecule is COc1c(Cl)ccc(Cl)c1C(=O)N1CCN(c2nc3ccc(Cl)cc3s2)CC1. The van der Waals surface area contributed by atoms with Crippen LogP contribution in [0.2, 0.25) is 15.1 Å². The monoisotopic (exact) mass is 455 g/mol. The molecule has 0 radical (unpaired) electrons. The first-order chi connectivity index (χ1) is 13.5. The number of benzene rings is 2. The van der Waals surface area contributed by atoms with Crippen molar-refractivity contribution >= 4 is 67.4 Å². The molecule has 1 aliphatic rings. The fraction of sp³-hybridized carbons (Fsp3) is 0.263. The second-order valence-electron chi connectivity index (χ2n) is 6.33. The lowest BCUT2D eigenvalue weighted by Crippen LogP contribution is -2.48. The average Bonchev–Trinajstić information content (AvgIpc) is 3.12. The first-order valence-electron chi connectivity index (χ1n) is 8.60. The van der Waals surface area contributed by atoms with E-state index < -0.39 is 0 Å². The number of ether oxygens (including phenoxy) is 1.